The highest BCUT2D eigenvalue weighted by Gasteiger charge is 2.12. The number of halogens is 1. The molecule has 0 radical (unpaired) electrons. The van der Waals surface area contributed by atoms with E-state index in [1.165, 1.54) is 24.6 Å². The van der Waals surface area contributed by atoms with Crippen molar-refractivity contribution in [2.24, 2.45) is 4.99 Å². The molecule has 0 bridgehead atoms. The third-order valence-electron chi connectivity index (χ3n) is 4.37. The van der Waals surface area contributed by atoms with Crippen molar-refractivity contribution in [3.8, 4) is 5.88 Å². The Balaban J connectivity index is 0.00000338. The van der Waals surface area contributed by atoms with Gasteiger partial charge in [0.1, 0.15) is 5.56 Å². The van der Waals surface area contributed by atoms with Gasteiger partial charge in [-0.15, -0.1) is 0 Å². The molecule has 1 heterocycles. The Kier molecular flexibility index (Phi) is 9.18. The molecule has 1 aliphatic carbocycles. The Hall–Kier alpha value is -1.000. The molecule has 0 unspecified atom stereocenters. The van der Waals surface area contributed by atoms with Crippen LogP contribution in [0.1, 0.15) is 37.7 Å². The molecular weight excluding hydrogens is 463 g/mol. The van der Waals surface area contributed by atoms with Gasteiger partial charge in [0.2, 0.25) is 5.88 Å². The summed E-state index contributed by atoms with van der Waals surface area (Å²) in [6.07, 6.45) is 9.28. The Morgan fingerprint density at radius 2 is 2.12 bits per heavy atom. The maximum absolute atomic E-state index is 12.1. The average Bonchev–Trinajstić information content (AvgIpc) is 2.53. The van der Waals surface area contributed by atoms with Gasteiger partial charge in [-0.05, 0) is 44.3 Å². The first-order valence-electron chi connectivity index (χ1n) is 8.82. The van der Waals surface area contributed by atoms with E-state index in [9.17, 15) is 9.90 Å². The minimum atomic E-state index is -0.398. The number of nitrogens with one attached hydrogen (secondary N) is 1. The van der Waals surface area contributed by atoms with Crippen LogP contribution in [-0.4, -0.2) is 59.6 Å². The second-order valence-corrected chi connectivity index (χ2v) is 7.94. The topological polar surface area (TPSA) is 70.4 Å². The number of hydrogen-bond donors (Lipinski definition) is 2. The molecule has 0 spiro atoms. The summed E-state index contributed by atoms with van der Waals surface area (Å²) in [5, 5.41) is 10.5. The highest BCUT2D eigenvalue weighted by molar-refractivity contribution is 7.71. The Labute approximate surface area is 177 Å². The van der Waals surface area contributed by atoms with Gasteiger partial charge in [0.25, 0.3) is 5.56 Å². The van der Waals surface area contributed by atoms with Gasteiger partial charge < -0.3 is 33.6 Å². The third-order valence-corrected chi connectivity index (χ3v) is 4.69. The zero-order valence-electron chi connectivity index (χ0n) is 15.8. The molecule has 6 nitrogen and oxygen atoms in total. The highest BCUT2D eigenvalue weighted by atomic mass is 127. The summed E-state index contributed by atoms with van der Waals surface area (Å²) in [4.78, 5) is 19.0. The number of allylic oxidation sites excluding steroid dienone is 2. The number of quaternary nitrogens is 1. The normalized spacial score (nSPS) is 15.0. The van der Waals surface area contributed by atoms with Crippen molar-refractivity contribution in [1.29, 1.82) is 0 Å². The molecular formula is C18H29IN4O2S. The number of hydrogen-bond acceptors (Lipinski definition) is 4. The summed E-state index contributed by atoms with van der Waals surface area (Å²) in [6.45, 7) is 2.00. The first-order chi connectivity index (χ1) is 11.8. The lowest BCUT2D eigenvalue weighted by atomic mass is 9.97. The van der Waals surface area contributed by atoms with Gasteiger partial charge in [0.05, 0.1) is 34.2 Å². The van der Waals surface area contributed by atoms with Crippen LogP contribution in [-0.2, 0) is 6.54 Å². The Morgan fingerprint density at radius 3 is 2.73 bits per heavy atom. The number of likely N-dealkylation sites (N-methyl/N-ethyl adjacent to an activating group) is 1. The van der Waals surface area contributed by atoms with E-state index in [4.69, 9.17) is 12.2 Å². The summed E-state index contributed by atoms with van der Waals surface area (Å²) >= 11 is 5.22. The minimum Gasteiger partial charge on any atom is -1.00 e. The van der Waals surface area contributed by atoms with Crippen LogP contribution in [0.4, 0.5) is 0 Å². The summed E-state index contributed by atoms with van der Waals surface area (Å²) in [5.74, 6) is -0.0980. The van der Waals surface area contributed by atoms with Crippen molar-refractivity contribution in [2.45, 2.75) is 38.6 Å². The maximum atomic E-state index is 12.1. The van der Waals surface area contributed by atoms with E-state index >= 15 is 0 Å². The summed E-state index contributed by atoms with van der Waals surface area (Å²) < 4.78 is 2.63. The van der Waals surface area contributed by atoms with Gasteiger partial charge in [0.15, 0.2) is 4.77 Å². The smallest absolute Gasteiger partial charge is 0.264 e. The summed E-state index contributed by atoms with van der Waals surface area (Å²) in [6, 6.07) is 0. The highest BCUT2D eigenvalue weighted by Crippen LogP contribution is 2.22. The van der Waals surface area contributed by atoms with E-state index in [0.717, 1.165) is 30.3 Å². The monoisotopic (exact) mass is 492 g/mol. The Bertz CT molecular complexity index is 775. The lowest BCUT2D eigenvalue weighted by Crippen LogP contribution is -3.00. The first kappa shape index (κ1) is 23.0. The van der Waals surface area contributed by atoms with Crippen molar-refractivity contribution < 1.29 is 33.6 Å². The molecule has 0 amide bonds. The summed E-state index contributed by atoms with van der Waals surface area (Å²) in [5.41, 5.74) is 1.18. The van der Waals surface area contributed by atoms with Crippen LogP contribution in [0.25, 0.3) is 0 Å². The van der Waals surface area contributed by atoms with Gasteiger partial charge in [-0.1, -0.05) is 11.6 Å². The number of rotatable bonds is 7. The first-order valence-corrected chi connectivity index (χ1v) is 9.23. The Morgan fingerprint density at radius 1 is 1.38 bits per heavy atom. The molecule has 1 aromatic rings. The van der Waals surface area contributed by atoms with E-state index in [-0.39, 0.29) is 40.2 Å². The van der Waals surface area contributed by atoms with Gasteiger partial charge in [-0.25, -0.2) is 0 Å². The number of aromatic hydroxyl groups is 1. The zero-order valence-corrected chi connectivity index (χ0v) is 18.8. The lowest BCUT2D eigenvalue weighted by molar-refractivity contribution is -0.868. The zero-order chi connectivity index (χ0) is 18.4. The van der Waals surface area contributed by atoms with E-state index in [2.05, 4.69) is 37.2 Å². The van der Waals surface area contributed by atoms with Crippen molar-refractivity contribution in [3.63, 3.8) is 0 Å². The van der Waals surface area contributed by atoms with Crippen LogP contribution in [0.2, 0.25) is 0 Å². The molecule has 2 rings (SSSR count). The minimum absolute atomic E-state index is 0. The molecule has 146 valence electrons. The molecule has 1 aromatic heterocycles. The standard InChI is InChI=1S/C18H28N4O2S.HI/c1-22(2,3)12-10-19-13-15-16(23)20-18(25)21(17(15)24)11-9-14-7-5-4-6-8-14;/h7,13H,4-6,8-12H2,1-3H3,(H-,19,20,23,24,25);1H. The average molecular weight is 492 g/mol. The predicted molar refractivity (Wildman–Crippen MR) is 104 cm³/mol. The lowest BCUT2D eigenvalue weighted by Gasteiger charge is -2.22. The summed E-state index contributed by atoms with van der Waals surface area (Å²) in [7, 11) is 6.25. The van der Waals surface area contributed by atoms with Crippen LogP contribution in [0.3, 0.4) is 0 Å². The third kappa shape index (κ3) is 6.96. The molecule has 8 heteroatoms. The molecule has 26 heavy (non-hydrogen) atoms. The van der Waals surface area contributed by atoms with Crippen molar-refractivity contribution in [1.82, 2.24) is 9.55 Å². The number of aliphatic imine (C=N–C) groups is 1. The van der Waals surface area contributed by atoms with Crippen LogP contribution in [0, 0.1) is 4.77 Å². The molecule has 0 saturated carbocycles. The number of aromatic nitrogens is 2. The van der Waals surface area contributed by atoms with Crippen LogP contribution >= 0.6 is 12.2 Å². The maximum Gasteiger partial charge on any atom is 0.264 e. The van der Waals surface area contributed by atoms with E-state index in [0.29, 0.717) is 13.1 Å². The molecule has 0 saturated heterocycles. The van der Waals surface area contributed by atoms with Gasteiger partial charge >= 0.3 is 0 Å². The van der Waals surface area contributed by atoms with Gasteiger partial charge in [-0.3, -0.25) is 19.3 Å². The second kappa shape index (κ2) is 10.4. The van der Waals surface area contributed by atoms with Gasteiger partial charge in [-0.2, -0.15) is 0 Å². The molecule has 2 N–H and O–H groups in total. The van der Waals surface area contributed by atoms with E-state index < -0.39 is 5.56 Å². The fourth-order valence-corrected chi connectivity index (χ4v) is 3.07. The number of aromatic amines is 1. The fourth-order valence-electron chi connectivity index (χ4n) is 2.80. The van der Waals surface area contributed by atoms with Crippen molar-refractivity contribution >= 4 is 18.4 Å². The second-order valence-electron chi connectivity index (χ2n) is 7.56. The molecule has 0 aromatic carbocycles. The van der Waals surface area contributed by atoms with Crippen LogP contribution in [0.5, 0.6) is 5.88 Å². The van der Waals surface area contributed by atoms with Crippen molar-refractivity contribution in [2.75, 3.05) is 34.2 Å². The quantitative estimate of drug-likeness (QED) is 0.180. The molecule has 0 fully saturated rings. The molecule has 1 aliphatic rings. The molecule has 0 aliphatic heterocycles. The number of H-pyrrole nitrogens is 1. The van der Waals surface area contributed by atoms with Crippen LogP contribution in [0.15, 0.2) is 21.4 Å². The SMILES string of the molecule is C[N+](C)(C)CCN=Cc1c(O)n(CCC2=CCCCC2)c(=S)[nH]c1=O.[I-]. The van der Waals surface area contributed by atoms with Gasteiger partial charge in [0, 0.05) is 12.8 Å². The predicted octanol–water partition coefficient (Wildman–Crippen LogP) is -0.369. The van der Waals surface area contributed by atoms with E-state index in [1.54, 1.807) is 4.57 Å². The van der Waals surface area contributed by atoms with E-state index in [1.807, 2.05) is 0 Å². The number of nitrogens with zero attached hydrogens (tertiary/aromatic N) is 3. The largest absolute Gasteiger partial charge is 1.00 e. The van der Waals surface area contributed by atoms with Crippen molar-refractivity contribution in [3.05, 3.63) is 32.3 Å². The molecule has 0 atom stereocenters. The van der Waals surface area contributed by atoms with Crippen LogP contribution < -0.4 is 29.5 Å². The fraction of sp³-hybridized carbons (Fsp3) is 0.611.